The maximum Gasteiger partial charge on any atom is 0.251 e. The van der Waals surface area contributed by atoms with Gasteiger partial charge in [0.15, 0.2) is 0 Å². The number of hydrogen-bond acceptors (Lipinski definition) is 3. The third-order valence-electron chi connectivity index (χ3n) is 3.47. The fourth-order valence-electron chi connectivity index (χ4n) is 1.94. The minimum absolute atomic E-state index is 0.0798. The number of nitrogens with one attached hydrogen (secondary N) is 2. The van der Waals surface area contributed by atoms with E-state index in [1.165, 1.54) is 0 Å². The average molecular weight is 306 g/mol. The average Bonchev–Trinajstić information content (AvgIpc) is 2.51. The Hall–Kier alpha value is -1.88. The predicted octanol–water partition coefficient (Wildman–Crippen LogP) is 2.56. The van der Waals surface area contributed by atoms with Gasteiger partial charge >= 0.3 is 0 Å². The molecule has 0 saturated carbocycles. The zero-order valence-electron chi connectivity index (χ0n) is 13.6. The molecule has 0 heterocycles. The molecule has 1 rings (SSSR count). The van der Waals surface area contributed by atoms with Crippen LogP contribution in [0.15, 0.2) is 24.3 Å². The molecule has 0 spiro atoms. The Morgan fingerprint density at radius 3 is 2.64 bits per heavy atom. The second-order valence-corrected chi connectivity index (χ2v) is 6.16. The standard InChI is InChI=1S/C17H26N2O3/c1-4-15(21)19-14-8-5-7-13(11-14)16(22)18-10-6-9-17(2,3)12-20/h5,7-8,11,20H,4,6,9-10,12H2,1-3H3,(H,18,22)(H,19,21). The second-order valence-electron chi connectivity index (χ2n) is 6.16. The van der Waals surface area contributed by atoms with E-state index >= 15 is 0 Å². The van der Waals surface area contributed by atoms with Crippen LogP contribution in [0.25, 0.3) is 0 Å². The highest BCUT2D eigenvalue weighted by Gasteiger charge is 2.15. The molecule has 22 heavy (non-hydrogen) atoms. The van der Waals surface area contributed by atoms with Crippen molar-refractivity contribution in [1.82, 2.24) is 5.32 Å². The zero-order chi connectivity index (χ0) is 16.6. The van der Waals surface area contributed by atoms with E-state index in [1.807, 2.05) is 13.8 Å². The SMILES string of the molecule is CCC(=O)Nc1cccc(C(=O)NCCCC(C)(C)CO)c1. The molecule has 0 atom stereocenters. The van der Waals surface area contributed by atoms with Crippen LogP contribution in [0.2, 0.25) is 0 Å². The van der Waals surface area contributed by atoms with Crippen LogP contribution in [0.5, 0.6) is 0 Å². The summed E-state index contributed by atoms with van der Waals surface area (Å²) in [5, 5.41) is 14.8. The lowest BCUT2D eigenvalue weighted by molar-refractivity contribution is -0.115. The Bertz CT molecular complexity index is 512. The minimum atomic E-state index is -0.158. The van der Waals surface area contributed by atoms with Gasteiger partial charge < -0.3 is 15.7 Å². The van der Waals surface area contributed by atoms with Gasteiger partial charge in [-0.25, -0.2) is 0 Å². The Kier molecular flexibility index (Phi) is 7.05. The van der Waals surface area contributed by atoms with E-state index in [-0.39, 0.29) is 23.8 Å². The lowest BCUT2D eigenvalue weighted by Crippen LogP contribution is -2.26. The van der Waals surface area contributed by atoms with Crippen LogP contribution < -0.4 is 10.6 Å². The van der Waals surface area contributed by atoms with Gasteiger partial charge in [-0.15, -0.1) is 0 Å². The lowest BCUT2D eigenvalue weighted by Gasteiger charge is -2.21. The van der Waals surface area contributed by atoms with E-state index in [2.05, 4.69) is 10.6 Å². The van der Waals surface area contributed by atoms with Crippen molar-refractivity contribution in [1.29, 1.82) is 0 Å². The molecule has 0 saturated heterocycles. The first-order valence-electron chi connectivity index (χ1n) is 7.67. The fourth-order valence-corrected chi connectivity index (χ4v) is 1.94. The summed E-state index contributed by atoms with van der Waals surface area (Å²) in [5.74, 6) is -0.238. The summed E-state index contributed by atoms with van der Waals surface area (Å²) in [6, 6.07) is 6.89. The number of anilines is 1. The van der Waals surface area contributed by atoms with Crippen molar-refractivity contribution in [3.05, 3.63) is 29.8 Å². The predicted molar refractivity (Wildman–Crippen MR) is 87.8 cm³/mol. The third kappa shape index (κ3) is 6.26. The van der Waals surface area contributed by atoms with Crippen molar-refractivity contribution in [2.45, 2.75) is 40.0 Å². The van der Waals surface area contributed by atoms with Gasteiger partial charge in [-0.1, -0.05) is 26.8 Å². The lowest BCUT2D eigenvalue weighted by atomic mass is 9.89. The topological polar surface area (TPSA) is 78.4 Å². The summed E-state index contributed by atoms with van der Waals surface area (Å²) in [6.45, 7) is 6.47. The van der Waals surface area contributed by atoms with Crippen molar-refractivity contribution in [2.75, 3.05) is 18.5 Å². The van der Waals surface area contributed by atoms with Gasteiger partial charge in [0, 0.05) is 30.8 Å². The quantitative estimate of drug-likeness (QED) is 0.646. The first-order chi connectivity index (χ1) is 10.4. The van der Waals surface area contributed by atoms with Gasteiger partial charge in [0.05, 0.1) is 0 Å². The highest BCUT2D eigenvalue weighted by molar-refractivity contribution is 5.97. The molecule has 0 bridgehead atoms. The highest BCUT2D eigenvalue weighted by Crippen LogP contribution is 2.20. The monoisotopic (exact) mass is 306 g/mol. The number of hydrogen-bond donors (Lipinski definition) is 3. The first kappa shape index (κ1) is 18.2. The zero-order valence-corrected chi connectivity index (χ0v) is 13.6. The Morgan fingerprint density at radius 1 is 1.27 bits per heavy atom. The van der Waals surface area contributed by atoms with Crippen LogP contribution in [0, 0.1) is 5.41 Å². The maximum atomic E-state index is 12.1. The van der Waals surface area contributed by atoms with Crippen LogP contribution in [-0.4, -0.2) is 30.1 Å². The molecule has 0 aliphatic rings. The van der Waals surface area contributed by atoms with Crippen molar-refractivity contribution in [3.63, 3.8) is 0 Å². The van der Waals surface area contributed by atoms with E-state index in [9.17, 15) is 14.7 Å². The molecule has 0 fully saturated rings. The number of benzene rings is 1. The van der Waals surface area contributed by atoms with Crippen LogP contribution in [-0.2, 0) is 4.79 Å². The van der Waals surface area contributed by atoms with Gasteiger partial charge in [-0.2, -0.15) is 0 Å². The minimum Gasteiger partial charge on any atom is -0.396 e. The van der Waals surface area contributed by atoms with E-state index in [0.29, 0.717) is 24.2 Å². The summed E-state index contributed by atoms with van der Waals surface area (Å²) < 4.78 is 0. The molecule has 1 aromatic carbocycles. The number of aliphatic hydroxyl groups excluding tert-OH is 1. The summed E-state index contributed by atoms with van der Waals surface area (Å²) >= 11 is 0. The van der Waals surface area contributed by atoms with Gasteiger partial charge in [0.1, 0.15) is 0 Å². The molecular formula is C17H26N2O3. The number of rotatable bonds is 8. The highest BCUT2D eigenvalue weighted by atomic mass is 16.3. The number of aliphatic hydroxyl groups is 1. The van der Waals surface area contributed by atoms with Gasteiger partial charge in [0.25, 0.3) is 5.91 Å². The van der Waals surface area contributed by atoms with E-state index in [1.54, 1.807) is 31.2 Å². The molecule has 3 N–H and O–H groups in total. The molecule has 122 valence electrons. The fraction of sp³-hybridized carbons (Fsp3) is 0.529. The van der Waals surface area contributed by atoms with Gasteiger partial charge in [-0.05, 0) is 36.5 Å². The van der Waals surface area contributed by atoms with Crippen LogP contribution in [0.4, 0.5) is 5.69 Å². The van der Waals surface area contributed by atoms with E-state index in [4.69, 9.17) is 0 Å². The van der Waals surface area contributed by atoms with Gasteiger partial charge in [0.2, 0.25) is 5.91 Å². The number of amides is 2. The molecule has 0 aromatic heterocycles. The summed E-state index contributed by atoms with van der Waals surface area (Å²) in [5.41, 5.74) is 1.03. The molecule has 5 nitrogen and oxygen atoms in total. The van der Waals surface area contributed by atoms with Crippen molar-refractivity contribution in [2.24, 2.45) is 5.41 Å². The number of carbonyl (C=O) groups is 2. The summed E-state index contributed by atoms with van der Waals surface area (Å²) in [7, 11) is 0. The first-order valence-corrected chi connectivity index (χ1v) is 7.67. The molecule has 5 heteroatoms. The smallest absolute Gasteiger partial charge is 0.251 e. The van der Waals surface area contributed by atoms with E-state index < -0.39 is 0 Å². The normalized spacial score (nSPS) is 11.1. The molecular weight excluding hydrogens is 280 g/mol. The Labute approximate surface area is 132 Å². The largest absolute Gasteiger partial charge is 0.396 e. The molecule has 0 unspecified atom stereocenters. The van der Waals surface area contributed by atoms with Crippen molar-refractivity contribution >= 4 is 17.5 Å². The van der Waals surface area contributed by atoms with Crippen molar-refractivity contribution < 1.29 is 14.7 Å². The molecule has 1 aromatic rings. The molecule has 0 radical (unpaired) electrons. The molecule has 2 amide bonds. The summed E-state index contributed by atoms with van der Waals surface area (Å²) in [6.07, 6.45) is 2.05. The van der Waals surface area contributed by atoms with Crippen LogP contribution in [0.1, 0.15) is 50.4 Å². The molecule has 0 aliphatic heterocycles. The number of carbonyl (C=O) groups excluding carboxylic acids is 2. The van der Waals surface area contributed by atoms with Gasteiger partial charge in [-0.3, -0.25) is 9.59 Å². The van der Waals surface area contributed by atoms with Crippen LogP contribution in [0.3, 0.4) is 0 Å². The van der Waals surface area contributed by atoms with Crippen LogP contribution >= 0.6 is 0 Å². The van der Waals surface area contributed by atoms with E-state index in [0.717, 1.165) is 12.8 Å². The maximum absolute atomic E-state index is 12.1. The van der Waals surface area contributed by atoms with Crippen molar-refractivity contribution in [3.8, 4) is 0 Å². The Balaban J connectivity index is 2.49. The third-order valence-corrected chi connectivity index (χ3v) is 3.47. The Morgan fingerprint density at radius 2 is 2.00 bits per heavy atom. The second kappa shape index (κ2) is 8.54. The summed E-state index contributed by atoms with van der Waals surface area (Å²) in [4.78, 5) is 23.4. The molecule has 0 aliphatic carbocycles.